The third kappa shape index (κ3) is 6.54. The first-order chi connectivity index (χ1) is 5.70. The van der Waals surface area contributed by atoms with Crippen LogP contribution in [0.1, 0.15) is 40.5 Å². The number of hydrogen-bond acceptors (Lipinski definition) is 4. The number of hydrogen-bond donors (Lipinski definition) is 2. The topological polar surface area (TPSA) is 42.5 Å². The largest absolute Gasteiger partial charge is 0.282 e. The van der Waals surface area contributed by atoms with Gasteiger partial charge in [-0.2, -0.15) is 0 Å². The van der Waals surface area contributed by atoms with E-state index in [0.29, 0.717) is 0 Å². The van der Waals surface area contributed by atoms with Gasteiger partial charge in [0.05, 0.1) is 12.2 Å². The van der Waals surface area contributed by atoms with E-state index in [2.05, 4.69) is 25.0 Å². The highest BCUT2D eigenvalue weighted by Crippen LogP contribution is 1.92. The Bertz CT molecular complexity index is 89.1. The lowest BCUT2D eigenvalue weighted by Crippen LogP contribution is -2.37. The molecule has 0 saturated carbocycles. The molecule has 0 saturated heterocycles. The molecule has 12 heavy (non-hydrogen) atoms. The van der Waals surface area contributed by atoms with Crippen LogP contribution in [-0.2, 0) is 9.68 Å². The van der Waals surface area contributed by atoms with Gasteiger partial charge in [0.15, 0.2) is 0 Å². The van der Waals surface area contributed by atoms with Crippen molar-refractivity contribution in [1.82, 2.24) is 11.2 Å². The second-order valence-electron chi connectivity index (χ2n) is 2.88. The second kappa shape index (κ2) is 7.49. The van der Waals surface area contributed by atoms with Crippen molar-refractivity contribution >= 4 is 0 Å². The standard InChI is InChI=1S/C8H20N2O2/c1-5-7(3)11-9-10-12-8(4)6-2/h7-10H,5-6H2,1-4H3. The van der Waals surface area contributed by atoms with Gasteiger partial charge in [0.1, 0.15) is 0 Å². The van der Waals surface area contributed by atoms with Crippen molar-refractivity contribution in [1.29, 1.82) is 0 Å². The summed E-state index contributed by atoms with van der Waals surface area (Å²) in [6.45, 7) is 8.08. The Morgan fingerprint density at radius 2 is 1.25 bits per heavy atom. The number of nitrogens with one attached hydrogen (secondary N) is 2. The van der Waals surface area contributed by atoms with E-state index in [9.17, 15) is 0 Å². The highest BCUT2D eigenvalue weighted by atomic mass is 16.8. The Morgan fingerprint density at radius 3 is 1.50 bits per heavy atom. The fourth-order valence-electron chi connectivity index (χ4n) is 0.416. The van der Waals surface area contributed by atoms with Crippen LogP contribution in [-0.4, -0.2) is 12.2 Å². The van der Waals surface area contributed by atoms with Crippen molar-refractivity contribution in [3.8, 4) is 0 Å². The van der Waals surface area contributed by atoms with Gasteiger partial charge in [0, 0.05) is 0 Å². The smallest absolute Gasteiger partial charge is 0.0777 e. The molecule has 0 fully saturated rings. The first kappa shape index (κ1) is 11.8. The predicted molar refractivity (Wildman–Crippen MR) is 47.9 cm³/mol. The average molecular weight is 176 g/mol. The van der Waals surface area contributed by atoms with Crippen LogP contribution in [0.3, 0.4) is 0 Å². The monoisotopic (exact) mass is 176 g/mol. The summed E-state index contributed by atoms with van der Waals surface area (Å²) in [6.07, 6.45) is 2.33. The zero-order valence-corrected chi connectivity index (χ0v) is 8.39. The van der Waals surface area contributed by atoms with Gasteiger partial charge in [0.2, 0.25) is 0 Å². The summed E-state index contributed by atoms with van der Waals surface area (Å²) < 4.78 is 0. The first-order valence-corrected chi connectivity index (χ1v) is 4.52. The van der Waals surface area contributed by atoms with E-state index in [0.717, 1.165) is 12.8 Å². The minimum Gasteiger partial charge on any atom is -0.282 e. The van der Waals surface area contributed by atoms with Gasteiger partial charge >= 0.3 is 0 Å². The van der Waals surface area contributed by atoms with Crippen LogP contribution in [0, 0.1) is 0 Å². The summed E-state index contributed by atoms with van der Waals surface area (Å²) in [5.74, 6) is 0. The molecular weight excluding hydrogens is 156 g/mol. The quantitative estimate of drug-likeness (QED) is 0.456. The zero-order valence-electron chi connectivity index (χ0n) is 8.39. The van der Waals surface area contributed by atoms with Crippen molar-refractivity contribution in [2.75, 3.05) is 0 Å². The van der Waals surface area contributed by atoms with Crippen LogP contribution in [0.15, 0.2) is 0 Å². The van der Waals surface area contributed by atoms with Crippen LogP contribution in [0.2, 0.25) is 0 Å². The molecule has 0 aromatic carbocycles. The molecule has 0 aliphatic carbocycles. The van der Waals surface area contributed by atoms with E-state index in [1.165, 1.54) is 0 Å². The fourth-order valence-corrected chi connectivity index (χ4v) is 0.416. The van der Waals surface area contributed by atoms with Crippen LogP contribution < -0.4 is 11.2 Å². The van der Waals surface area contributed by atoms with Gasteiger partial charge < -0.3 is 0 Å². The van der Waals surface area contributed by atoms with Gasteiger partial charge in [-0.3, -0.25) is 9.68 Å². The maximum absolute atomic E-state index is 5.10. The molecule has 0 bridgehead atoms. The van der Waals surface area contributed by atoms with E-state index >= 15 is 0 Å². The summed E-state index contributed by atoms with van der Waals surface area (Å²) in [5, 5.41) is 0. The summed E-state index contributed by atoms with van der Waals surface area (Å²) in [7, 11) is 0. The summed E-state index contributed by atoms with van der Waals surface area (Å²) in [5.41, 5.74) is 5.06. The Morgan fingerprint density at radius 1 is 0.917 bits per heavy atom. The summed E-state index contributed by atoms with van der Waals surface area (Å²) >= 11 is 0. The highest BCUT2D eigenvalue weighted by molar-refractivity contribution is 4.40. The van der Waals surface area contributed by atoms with Gasteiger partial charge in [-0.25, -0.2) is 0 Å². The van der Waals surface area contributed by atoms with E-state index < -0.39 is 0 Å². The van der Waals surface area contributed by atoms with Gasteiger partial charge in [0.25, 0.3) is 0 Å². The molecule has 74 valence electrons. The highest BCUT2D eigenvalue weighted by Gasteiger charge is 1.99. The van der Waals surface area contributed by atoms with Crippen molar-refractivity contribution in [3.05, 3.63) is 0 Å². The molecule has 0 aliphatic heterocycles. The summed E-state index contributed by atoms with van der Waals surface area (Å²) in [6, 6.07) is 0. The van der Waals surface area contributed by atoms with Crippen LogP contribution in [0.4, 0.5) is 0 Å². The maximum Gasteiger partial charge on any atom is 0.0777 e. The van der Waals surface area contributed by atoms with E-state index in [1.807, 2.05) is 13.8 Å². The van der Waals surface area contributed by atoms with E-state index in [1.54, 1.807) is 0 Å². The molecule has 0 amide bonds. The van der Waals surface area contributed by atoms with Gasteiger partial charge in [-0.15, -0.1) is 11.2 Å². The lowest BCUT2D eigenvalue weighted by molar-refractivity contribution is -0.152. The second-order valence-corrected chi connectivity index (χ2v) is 2.88. The summed E-state index contributed by atoms with van der Waals surface area (Å²) in [4.78, 5) is 10.2. The molecule has 4 heteroatoms. The molecule has 0 aliphatic rings. The Kier molecular flexibility index (Phi) is 7.39. The zero-order chi connectivity index (χ0) is 9.40. The lowest BCUT2D eigenvalue weighted by Gasteiger charge is -2.14. The number of rotatable bonds is 7. The molecule has 0 aromatic rings. The molecule has 0 spiro atoms. The van der Waals surface area contributed by atoms with E-state index in [-0.39, 0.29) is 12.2 Å². The minimum absolute atomic E-state index is 0.193. The van der Waals surface area contributed by atoms with Crippen molar-refractivity contribution in [2.45, 2.75) is 52.7 Å². The van der Waals surface area contributed by atoms with Crippen molar-refractivity contribution in [3.63, 3.8) is 0 Å². The molecule has 0 aromatic heterocycles. The molecule has 4 nitrogen and oxygen atoms in total. The third-order valence-corrected chi connectivity index (χ3v) is 1.71. The average Bonchev–Trinajstić information content (AvgIpc) is 2.11. The van der Waals surface area contributed by atoms with Crippen molar-refractivity contribution in [2.24, 2.45) is 0 Å². The molecule has 0 radical (unpaired) electrons. The fraction of sp³-hybridized carbons (Fsp3) is 1.00. The molecular formula is C8H20N2O2. The molecule has 2 atom stereocenters. The normalized spacial score (nSPS) is 16.0. The SMILES string of the molecule is CCC(C)ONNOC(C)CC. The Hall–Kier alpha value is -0.160. The van der Waals surface area contributed by atoms with Crippen LogP contribution in [0.25, 0.3) is 0 Å². The first-order valence-electron chi connectivity index (χ1n) is 4.52. The Labute approximate surface area is 74.5 Å². The van der Waals surface area contributed by atoms with Crippen LogP contribution >= 0.6 is 0 Å². The molecule has 0 heterocycles. The van der Waals surface area contributed by atoms with Gasteiger partial charge in [-0.05, 0) is 26.7 Å². The van der Waals surface area contributed by atoms with E-state index in [4.69, 9.17) is 9.68 Å². The van der Waals surface area contributed by atoms with Crippen LogP contribution in [0.5, 0.6) is 0 Å². The molecule has 2 unspecified atom stereocenters. The molecule has 0 rings (SSSR count). The third-order valence-electron chi connectivity index (χ3n) is 1.71. The predicted octanol–water partition coefficient (Wildman–Crippen LogP) is 1.54. The van der Waals surface area contributed by atoms with Gasteiger partial charge in [-0.1, -0.05) is 13.8 Å². The molecule has 2 N–H and O–H groups in total. The lowest BCUT2D eigenvalue weighted by atomic mass is 10.3. The number of hydrazine groups is 1. The minimum atomic E-state index is 0.193. The Balaban J connectivity index is 3.10. The van der Waals surface area contributed by atoms with Crippen molar-refractivity contribution < 1.29 is 9.68 Å². The maximum atomic E-state index is 5.10.